The molecule has 5 nitrogen and oxygen atoms in total. The molecule has 0 radical (unpaired) electrons. The highest BCUT2D eigenvalue weighted by atomic mass is 16.5. The lowest BCUT2D eigenvalue weighted by Crippen LogP contribution is -2.42. The summed E-state index contributed by atoms with van der Waals surface area (Å²) in [4.78, 5) is 14.7. The number of aryl methyl sites for hydroxylation is 2. The summed E-state index contributed by atoms with van der Waals surface area (Å²) in [7, 11) is 0. The van der Waals surface area contributed by atoms with Crippen LogP contribution in [0, 0.1) is 13.8 Å². The second kappa shape index (κ2) is 6.77. The van der Waals surface area contributed by atoms with Crippen LogP contribution >= 0.6 is 0 Å². The fourth-order valence-electron chi connectivity index (χ4n) is 3.82. The number of aromatic nitrogens is 1. The van der Waals surface area contributed by atoms with Crippen molar-refractivity contribution in [2.24, 2.45) is 0 Å². The zero-order valence-electron chi connectivity index (χ0n) is 14.5. The second-order valence-corrected chi connectivity index (χ2v) is 6.58. The lowest BCUT2D eigenvalue weighted by Gasteiger charge is -2.37. The molecule has 0 bridgehead atoms. The van der Waals surface area contributed by atoms with Crippen molar-refractivity contribution in [1.82, 2.24) is 10.1 Å². The SMILES string of the molecule is Cc1noc(C)c1[C@H](C)CC(=O)N1CCc2ccccc2[C@H]1CO. The van der Waals surface area contributed by atoms with Gasteiger partial charge >= 0.3 is 0 Å². The third-order valence-electron chi connectivity index (χ3n) is 4.97. The van der Waals surface area contributed by atoms with Crippen LogP contribution in [0.5, 0.6) is 0 Å². The van der Waals surface area contributed by atoms with Crippen LogP contribution in [0.2, 0.25) is 0 Å². The molecule has 2 heterocycles. The number of aliphatic hydroxyl groups is 1. The van der Waals surface area contributed by atoms with Crippen LogP contribution in [-0.2, 0) is 11.2 Å². The van der Waals surface area contributed by atoms with Crippen molar-refractivity contribution >= 4 is 5.91 Å². The van der Waals surface area contributed by atoms with E-state index in [1.165, 1.54) is 5.56 Å². The Bertz CT molecular complexity index is 718. The predicted molar refractivity (Wildman–Crippen MR) is 90.7 cm³/mol. The molecule has 2 atom stereocenters. The third-order valence-corrected chi connectivity index (χ3v) is 4.97. The van der Waals surface area contributed by atoms with E-state index in [0.717, 1.165) is 29.0 Å². The first-order chi connectivity index (χ1) is 11.5. The van der Waals surface area contributed by atoms with Crippen molar-refractivity contribution in [3.8, 4) is 0 Å². The van der Waals surface area contributed by atoms with Gasteiger partial charge in [0.25, 0.3) is 0 Å². The van der Waals surface area contributed by atoms with Gasteiger partial charge in [0, 0.05) is 18.5 Å². The maximum absolute atomic E-state index is 12.9. The molecule has 0 saturated carbocycles. The number of fused-ring (bicyclic) bond motifs is 1. The molecule has 1 aromatic carbocycles. The van der Waals surface area contributed by atoms with Gasteiger partial charge in [0.05, 0.1) is 18.3 Å². The van der Waals surface area contributed by atoms with Crippen molar-refractivity contribution in [3.05, 3.63) is 52.4 Å². The Morgan fingerprint density at radius 1 is 1.42 bits per heavy atom. The minimum absolute atomic E-state index is 0.0419. The van der Waals surface area contributed by atoms with E-state index >= 15 is 0 Å². The number of aliphatic hydroxyl groups excluding tert-OH is 1. The number of carbonyl (C=O) groups is 1. The van der Waals surface area contributed by atoms with Gasteiger partial charge in [0.2, 0.25) is 5.91 Å². The number of nitrogens with zero attached hydrogens (tertiary/aromatic N) is 2. The third kappa shape index (κ3) is 2.96. The zero-order valence-corrected chi connectivity index (χ0v) is 14.5. The average Bonchev–Trinajstić information content (AvgIpc) is 2.92. The summed E-state index contributed by atoms with van der Waals surface area (Å²) in [5.41, 5.74) is 4.14. The summed E-state index contributed by atoms with van der Waals surface area (Å²) in [6, 6.07) is 7.80. The lowest BCUT2D eigenvalue weighted by atomic mass is 9.91. The van der Waals surface area contributed by atoms with E-state index < -0.39 is 0 Å². The second-order valence-electron chi connectivity index (χ2n) is 6.58. The molecule has 3 rings (SSSR count). The van der Waals surface area contributed by atoms with Crippen LogP contribution < -0.4 is 0 Å². The molecular weight excluding hydrogens is 304 g/mol. The zero-order chi connectivity index (χ0) is 17.3. The summed E-state index contributed by atoms with van der Waals surface area (Å²) in [5, 5.41) is 13.8. The number of benzene rings is 1. The van der Waals surface area contributed by atoms with Gasteiger partial charge in [-0.25, -0.2) is 0 Å². The number of hydrogen-bond donors (Lipinski definition) is 1. The van der Waals surface area contributed by atoms with Crippen molar-refractivity contribution in [1.29, 1.82) is 0 Å². The molecule has 5 heteroatoms. The van der Waals surface area contributed by atoms with Crippen LogP contribution in [0.25, 0.3) is 0 Å². The van der Waals surface area contributed by atoms with Gasteiger partial charge < -0.3 is 14.5 Å². The summed E-state index contributed by atoms with van der Waals surface area (Å²) >= 11 is 0. The van der Waals surface area contributed by atoms with Gasteiger partial charge in [-0.1, -0.05) is 36.3 Å². The molecular formula is C19H24N2O3. The number of carbonyl (C=O) groups excluding carboxylic acids is 1. The van der Waals surface area contributed by atoms with Crippen LogP contribution in [0.4, 0.5) is 0 Å². The highest BCUT2D eigenvalue weighted by molar-refractivity contribution is 5.78. The first-order valence-electron chi connectivity index (χ1n) is 8.43. The van der Waals surface area contributed by atoms with Gasteiger partial charge in [0.1, 0.15) is 5.76 Å². The first kappa shape index (κ1) is 16.7. The van der Waals surface area contributed by atoms with E-state index in [1.807, 2.05) is 43.9 Å². The van der Waals surface area contributed by atoms with Gasteiger partial charge in [-0.15, -0.1) is 0 Å². The quantitative estimate of drug-likeness (QED) is 0.937. The van der Waals surface area contributed by atoms with Gasteiger partial charge in [-0.2, -0.15) is 0 Å². The molecule has 0 fully saturated rings. The average molecular weight is 328 g/mol. The number of rotatable bonds is 4. The molecule has 128 valence electrons. The van der Waals surface area contributed by atoms with Crippen LogP contribution in [0.3, 0.4) is 0 Å². The van der Waals surface area contributed by atoms with Gasteiger partial charge in [0.15, 0.2) is 0 Å². The fourth-order valence-corrected chi connectivity index (χ4v) is 3.82. The van der Waals surface area contributed by atoms with Crippen molar-refractivity contribution < 1.29 is 14.4 Å². The van der Waals surface area contributed by atoms with E-state index in [1.54, 1.807) is 0 Å². The molecule has 0 spiro atoms. The van der Waals surface area contributed by atoms with E-state index in [2.05, 4.69) is 11.2 Å². The van der Waals surface area contributed by atoms with E-state index in [0.29, 0.717) is 13.0 Å². The maximum Gasteiger partial charge on any atom is 0.223 e. The molecule has 0 saturated heterocycles. The van der Waals surface area contributed by atoms with Crippen molar-refractivity contribution in [2.75, 3.05) is 13.2 Å². The summed E-state index contributed by atoms with van der Waals surface area (Å²) in [6.07, 6.45) is 1.22. The molecule has 0 unspecified atom stereocenters. The molecule has 0 aliphatic carbocycles. The molecule has 1 N–H and O–H groups in total. The highest BCUT2D eigenvalue weighted by Gasteiger charge is 2.31. The molecule has 1 aliphatic rings. The van der Waals surface area contributed by atoms with Crippen molar-refractivity contribution in [3.63, 3.8) is 0 Å². The minimum Gasteiger partial charge on any atom is -0.394 e. The first-order valence-corrected chi connectivity index (χ1v) is 8.43. The fraction of sp³-hybridized carbons (Fsp3) is 0.474. The largest absolute Gasteiger partial charge is 0.394 e. The summed E-state index contributed by atoms with van der Waals surface area (Å²) in [5.74, 6) is 0.881. The number of amides is 1. The topological polar surface area (TPSA) is 66.6 Å². The Kier molecular flexibility index (Phi) is 4.71. The van der Waals surface area contributed by atoms with Crippen LogP contribution in [0.1, 0.15) is 53.4 Å². The van der Waals surface area contributed by atoms with Crippen molar-refractivity contribution in [2.45, 2.75) is 45.6 Å². The van der Waals surface area contributed by atoms with Gasteiger partial charge in [-0.05, 0) is 37.3 Å². The Hall–Kier alpha value is -2.14. The number of hydrogen-bond acceptors (Lipinski definition) is 4. The van der Waals surface area contributed by atoms with Crippen LogP contribution in [0.15, 0.2) is 28.8 Å². The van der Waals surface area contributed by atoms with Crippen LogP contribution in [-0.4, -0.2) is 34.2 Å². The molecule has 1 aliphatic heterocycles. The van der Waals surface area contributed by atoms with E-state index in [9.17, 15) is 9.90 Å². The Morgan fingerprint density at radius 2 is 2.17 bits per heavy atom. The summed E-state index contributed by atoms with van der Waals surface area (Å²) in [6.45, 7) is 6.40. The molecule has 1 amide bonds. The molecule has 2 aromatic rings. The Morgan fingerprint density at radius 3 is 2.83 bits per heavy atom. The standard InChI is InChI=1S/C19H24N2O3/c1-12(19-13(2)20-24-14(19)3)10-18(23)21-9-8-15-6-4-5-7-16(15)17(21)11-22/h4-7,12,17,22H,8-11H2,1-3H3/t12-,17-/m1/s1. The smallest absolute Gasteiger partial charge is 0.223 e. The lowest BCUT2D eigenvalue weighted by molar-refractivity contribution is -0.135. The Balaban J connectivity index is 1.78. The summed E-state index contributed by atoms with van der Waals surface area (Å²) < 4.78 is 5.22. The highest BCUT2D eigenvalue weighted by Crippen LogP contribution is 2.32. The van der Waals surface area contributed by atoms with Gasteiger partial charge in [-0.3, -0.25) is 4.79 Å². The molecule has 1 aromatic heterocycles. The molecule has 24 heavy (non-hydrogen) atoms. The van der Waals surface area contributed by atoms with E-state index in [-0.39, 0.29) is 24.5 Å². The Labute approximate surface area is 142 Å². The predicted octanol–water partition coefficient (Wildman–Crippen LogP) is 2.90. The monoisotopic (exact) mass is 328 g/mol. The van der Waals surface area contributed by atoms with E-state index in [4.69, 9.17) is 4.52 Å². The normalized spacial score (nSPS) is 18.3. The maximum atomic E-state index is 12.9. The minimum atomic E-state index is -0.251.